The van der Waals surface area contributed by atoms with Gasteiger partial charge in [-0.05, 0) is 44.5 Å². The Balaban J connectivity index is 1.38. The van der Waals surface area contributed by atoms with Crippen LogP contribution < -0.4 is 4.90 Å². The maximum Gasteiger partial charge on any atom is 0.258 e. The highest BCUT2D eigenvalue weighted by molar-refractivity contribution is 7.22. The summed E-state index contributed by atoms with van der Waals surface area (Å²) in [6.07, 6.45) is 0.761. The number of hydrogen-bond acceptors (Lipinski definition) is 5. The van der Waals surface area contributed by atoms with Gasteiger partial charge in [-0.25, -0.2) is 9.07 Å². The smallest absolute Gasteiger partial charge is 0.258 e. The number of carbonyl (C=O) groups is 1. The van der Waals surface area contributed by atoms with Crippen molar-refractivity contribution in [2.45, 2.75) is 20.3 Å². The van der Waals surface area contributed by atoms with Crippen molar-refractivity contribution in [3.05, 3.63) is 70.1 Å². The molecule has 4 aromatic rings. The lowest BCUT2D eigenvalue weighted by atomic mass is 10.1. The van der Waals surface area contributed by atoms with Gasteiger partial charge in [0.15, 0.2) is 10.8 Å². The molecule has 0 unspecified atom stereocenters. The van der Waals surface area contributed by atoms with Crippen LogP contribution in [0, 0.1) is 19.7 Å². The molecule has 1 amide bonds. The van der Waals surface area contributed by atoms with Crippen LogP contribution in [-0.2, 0) is 0 Å². The van der Waals surface area contributed by atoms with Gasteiger partial charge in [0.2, 0.25) is 0 Å². The zero-order valence-corrected chi connectivity index (χ0v) is 20.0. The molecule has 2 aromatic carbocycles. The predicted molar refractivity (Wildman–Crippen MR) is 130 cm³/mol. The lowest BCUT2D eigenvalue weighted by molar-refractivity contribution is 0.0762. The summed E-state index contributed by atoms with van der Waals surface area (Å²) in [6, 6.07) is 12.5. The van der Waals surface area contributed by atoms with Gasteiger partial charge in [-0.15, -0.1) is 0 Å². The van der Waals surface area contributed by atoms with Crippen LogP contribution in [0.3, 0.4) is 0 Å². The summed E-state index contributed by atoms with van der Waals surface area (Å²) in [6.45, 7) is 6.45. The minimum absolute atomic E-state index is 0.0542. The molecule has 0 radical (unpaired) electrons. The molecule has 0 bridgehead atoms. The molecule has 0 atom stereocenters. The van der Waals surface area contributed by atoms with Crippen LogP contribution in [0.2, 0.25) is 5.02 Å². The first-order valence-corrected chi connectivity index (χ1v) is 12.0. The van der Waals surface area contributed by atoms with Crippen molar-refractivity contribution in [3.63, 3.8) is 0 Å². The van der Waals surface area contributed by atoms with Crippen molar-refractivity contribution in [3.8, 4) is 5.69 Å². The molecular weight excluding hydrogens is 461 g/mol. The minimum atomic E-state index is -0.587. The molecule has 6 nitrogen and oxygen atoms in total. The van der Waals surface area contributed by atoms with Gasteiger partial charge < -0.3 is 9.80 Å². The van der Waals surface area contributed by atoms with Crippen LogP contribution in [0.5, 0.6) is 0 Å². The molecule has 2 aromatic heterocycles. The standard InChI is InChI=1S/C24H23ClFN5OS/c1-15-7-9-17(10-8-15)31-22-21(16(2)28-31)33-24(27-22)30-12-4-11-29(13-14-30)23(32)20-18(25)5-3-6-19(20)26/h3,5-10H,4,11-14H2,1-2H3. The van der Waals surface area contributed by atoms with E-state index in [1.165, 1.54) is 17.7 Å². The second-order valence-electron chi connectivity index (χ2n) is 8.21. The topological polar surface area (TPSA) is 54.3 Å². The fourth-order valence-corrected chi connectivity index (χ4v) is 5.38. The van der Waals surface area contributed by atoms with Gasteiger partial charge in [-0.1, -0.05) is 46.7 Å². The van der Waals surface area contributed by atoms with E-state index in [0.29, 0.717) is 19.6 Å². The second kappa shape index (κ2) is 8.76. The third-order valence-electron chi connectivity index (χ3n) is 5.89. The molecule has 0 N–H and O–H groups in total. The summed E-state index contributed by atoms with van der Waals surface area (Å²) >= 11 is 7.73. The predicted octanol–water partition coefficient (Wildman–Crippen LogP) is 5.24. The SMILES string of the molecule is Cc1ccc(-n2nc(C)c3sc(N4CCCN(C(=O)c5c(F)cccc5Cl)CC4)nc32)cc1. The number of fused-ring (bicyclic) bond motifs is 1. The largest absolute Gasteiger partial charge is 0.346 e. The van der Waals surface area contributed by atoms with E-state index in [4.69, 9.17) is 16.6 Å². The molecule has 1 saturated heterocycles. The van der Waals surface area contributed by atoms with Crippen LogP contribution in [-0.4, -0.2) is 51.8 Å². The molecule has 1 fully saturated rings. The van der Waals surface area contributed by atoms with Gasteiger partial charge in [0.25, 0.3) is 5.91 Å². The maximum atomic E-state index is 14.3. The fraction of sp³-hybridized carbons (Fsp3) is 0.292. The average molecular weight is 484 g/mol. The molecule has 0 spiro atoms. The molecule has 1 aliphatic rings. The van der Waals surface area contributed by atoms with Crippen LogP contribution >= 0.6 is 22.9 Å². The van der Waals surface area contributed by atoms with E-state index < -0.39 is 5.82 Å². The van der Waals surface area contributed by atoms with Gasteiger partial charge in [-0.2, -0.15) is 10.1 Å². The monoisotopic (exact) mass is 483 g/mol. The Kier molecular flexibility index (Phi) is 5.80. The number of anilines is 1. The maximum absolute atomic E-state index is 14.3. The zero-order valence-electron chi connectivity index (χ0n) is 18.4. The Hall–Kier alpha value is -2.97. The number of aryl methyl sites for hydroxylation is 2. The number of carbonyl (C=O) groups excluding carboxylic acids is 1. The number of hydrogen-bond donors (Lipinski definition) is 0. The van der Waals surface area contributed by atoms with Crippen LogP contribution in [0.25, 0.3) is 16.0 Å². The third-order valence-corrected chi connectivity index (χ3v) is 7.42. The Morgan fingerprint density at radius 3 is 2.61 bits per heavy atom. The van der Waals surface area contributed by atoms with Crippen molar-refractivity contribution in [2.75, 3.05) is 31.1 Å². The fourth-order valence-electron chi connectivity index (χ4n) is 4.10. The van der Waals surface area contributed by atoms with Crippen LogP contribution in [0.15, 0.2) is 42.5 Å². The van der Waals surface area contributed by atoms with Crippen molar-refractivity contribution < 1.29 is 9.18 Å². The molecule has 0 aliphatic carbocycles. The summed E-state index contributed by atoms with van der Waals surface area (Å²) < 4.78 is 17.2. The van der Waals surface area contributed by atoms with E-state index >= 15 is 0 Å². The minimum Gasteiger partial charge on any atom is -0.346 e. The highest BCUT2D eigenvalue weighted by Gasteiger charge is 2.26. The first-order chi connectivity index (χ1) is 15.9. The summed E-state index contributed by atoms with van der Waals surface area (Å²) in [4.78, 5) is 21.8. The van der Waals surface area contributed by atoms with E-state index in [9.17, 15) is 9.18 Å². The lowest BCUT2D eigenvalue weighted by Gasteiger charge is -2.22. The summed E-state index contributed by atoms with van der Waals surface area (Å²) in [7, 11) is 0. The third kappa shape index (κ3) is 4.09. The van der Waals surface area contributed by atoms with Gasteiger partial charge in [-0.3, -0.25) is 4.79 Å². The van der Waals surface area contributed by atoms with E-state index in [1.807, 2.05) is 23.7 Å². The lowest BCUT2D eigenvalue weighted by Crippen LogP contribution is -2.35. The molecule has 33 heavy (non-hydrogen) atoms. The van der Waals surface area contributed by atoms with E-state index in [1.54, 1.807) is 22.3 Å². The molecule has 5 rings (SSSR count). The van der Waals surface area contributed by atoms with Crippen molar-refractivity contribution in [1.82, 2.24) is 19.7 Å². The second-order valence-corrected chi connectivity index (χ2v) is 9.60. The number of aromatic nitrogens is 3. The van der Waals surface area contributed by atoms with Crippen molar-refractivity contribution >= 4 is 44.3 Å². The number of amides is 1. The first-order valence-electron chi connectivity index (χ1n) is 10.8. The summed E-state index contributed by atoms with van der Waals surface area (Å²) in [5.41, 5.74) is 3.89. The number of thiazole rings is 1. The Labute approximate surface area is 200 Å². The Morgan fingerprint density at radius 2 is 1.85 bits per heavy atom. The highest BCUT2D eigenvalue weighted by atomic mass is 35.5. The first kappa shape index (κ1) is 21.9. The van der Waals surface area contributed by atoms with Gasteiger partial charge in [0.05, 0.1) is 26.7 Å². The highest BCUT2D eigenvalue weighted by Crippen LogP contribution is 2.33. The molecule has 1 aliphatic heterocycles. The molecule has 9 heteroatoms. The summed E-state index contributed by atoms with van der Waals surface area (Å²) in [5, 5.41) is 5.73. The molecule has 0 saturated carbocycles. The number of rotatable bonds is 3. The number of halogens is 2. The van der Waals surface area contributed by atoms with Crippen LogP contribution in [0.1, 0.15) is 28.0 Å². The number of nitrogens with zero attached hydrogens (tertiary/aromatic N) is 5. The van der Waals surface area contributed by atoms with Gasteiger partial charge in [0, 0.05) is 26.2 Å². The average Bonchev–Trinajstić information content (AvgIpc) is 3.25. The zero-order chi connectivity index (χ0) is 23.1. The Morgan fingerprint density at radius 1 is 1.06 bits per heavy atom. The quantitative estimate of drug-likeness (QED) is 0.399. The van der Waals surface area contributed by atoms with Crippen molar-refractivity contribution in [2.24, 2.45) is 0 Å². The normalized spacial score (nSPS) is 14.7. The van der Waals surface area contributed by atoms with Gasteiger partial charge in [0.1, 0.15) is 5.82 Å². The van der Waals surface area contributed by atoms with Crippen molar-refractivity contribution in [1.29, 1.82) is 0 Å². The van der Waals surface area contributed by atoms with Gasteiger partial charge >= 0.3 is 0 Å². The molecular formula is C24H23ClFN5OS. The number of benzene rings is 2. The summed E-state index contributed by atoms with van der Waals surface area (Å²) in [5.74, 6) is -0.953. The van der Waals surface area contributed by atoms with E-state index in [0.717, 1.165) is 39.8 Å². The van der Waals surface area contributed by atoms with E-state index in [-0.39, 0.29) is 16.5 Å². The van der Waals surface area contributed by atoms with Crippen LogP contribution in [0.4, 0.5) is 9.52 Å². The van der Waals surface area contributed by atoms with E-state index in [2.05, 4.69) is 29.1 Å². The molecule has 170 valence electrons. The molecule has 3 heterocycles. The Bertz CT molecular complexity index is 1310.